The van der Waals surface area contributed by atoms with Crippen LogP contribution < -0.4 is 5.32 Å². The molecule has 8 nitrogen and oxygen atoms in total. The number of nitrogens with one attached hydrogen (secondary N) is 1. The second-order valence-electron chi connectivity index (χ2n) is 7.26. The van der Waals surface area contributed by atoms with Crippen LogP contribution in [0.3, 0.4) is 0 Å². The largest absolute Gasteiger partial charge is 0.378 e. The van der Waals surface area contributed by atoms with Gasteiger partial charge in [0.05, 0.1) is 31.2 Å². The minimum atomic E-state index is -0.141. The van der Waals surface area contributed by atoms with Crippen LogP contribution in [0.15, 0.2) is 12.4 Å². The molecule has 3 rings (SSSR count). The molecular weight excluding hydrogens is 334 g/mol. The van der Waals surface area contributed by atoms with Crippen molar-refractivity contribution in [3.8, 4) is 0 Å². The van der Waals surface area contributed by atoms with Crippen LogP contribution in [0, 0.1) is 11.8 Å². The Labute approximate surface area is 154 Å². The summed E-state index contributed by atoms with van der Waals surface area (Å²) in [4.78, 5) is 29.1. The summed E-state index contributed by atoms with van der Waals surface area (Å²) >= 11 is 0. The summed E-state index contributed by atoms with van der Waals surface area (Å²) in [6.07, 6.45) is 5.21. The number of aromatic nitrogens is 2. The zero-order chi connectivity index (χ0) is 18.5. The molecule has 0 saturated carbocycles. The maximum absolute atomic E-state index is 12.8. The van der Waals surface area contributed by atoms with Crippen LogP contribution in [0.5, 0.6) is 0 Å². The third-order valence-electron chi connectivity index (χ3n) is 5.24. The first-order valence-corrected chi connectivity index (χ1v) is 9.34. The molecule has 0 unspecified atom stereocenters. The SMILES string of the molecule is CN(CCc1cnn(C)c1)C(=O)[C@@H]1CNC[C@@H](C(=O)N2CCOCC2)C1. The summed E-state index contributed by atoms with van der Waals surface area (Å²) in [5, 5.41) is 7.43. The Kier molecular flexibility index (Phi) is 6.26. The third-order valence-corrected chi connectivity index (χ3v) is 5.24. The highest BCUT2D eigenvalue weighted by atomic mass is 16.5. The second-order valence-corrected chi connectivity index (χ2v) is 7.26. The zero-order valence-corrected chi connectivity index (χ0v) is 15.7. The van der Waals surface area contributed by atoms with E-state index < -0.39 is 0 Å². The molecule has 0 bridgehead atoms. The van der Waals surface area contributed by atoms with Gasteiger partial charge >= 0.3 is 0 Å². The van der Waals surface area contributed by atoms with Crippen LogP contribution in [-0.2, 0) is 27.8 Å². The lowest BCUT2D eigenvalue weighted by molar-refractivity contribution is -0.142. The van der Waals surface area contributed by atoms with E-state index in [0.717, 1.165) is 12.0 Å². The van der Waals surface area contributed by atoms with Gasteiger partial charge in [-0.3, -0.25) is 14.3 Å². The van der Waals surface area contributed by atoms with Gasteiger partial charge < -0.3 is 19.9 Å². The molecule has 0 aliphatic carbocycles. The lowest BCUT2D eigenvalue weighted by Crippen LogP contribution is -2.51. The van der Waals surface area contributed by atoms with Gasteiger partial charge in [-0.2, -0.15) is 5.10 Å². The highest BCUT2D eigenvalue weighted by Crippen LogP contribution is 2.21. The van der Waals surface area contributed by atoms with Crippen molar-refractivity contribution in [1.29, 1.82) is 0 Å². The lowest BCUT2D eigenvalue weighted by Gasteiger charge is -2.35. The van der Waals surface area contributed by atoms with Crippen molar-refractivity contribution >= 4 is 11.8 Å². The molecule has 3 heterocycles. The fraction of sp³-hybridized carbons (Fsp3) is 0.722. The molecular formula is C18H29N5O3. The lowest BCUT2D eigenvalue weighted by atomic mass is 9.88. The Balaban J connectivity index is 1.50. The fourth-order valence-electron chi connectivity index (χ4n) is 3.68. The van der Waals surface area contributed by atoms with Crippen LogP contribution in [0.1, 0.15) is 12.0 Å². The van der Waals surface area contributed by atoms with Gasteiger partial charge in [0.1, 0.15) is 0 Å². The standard InChI is InChI=1S/C18H29N5O3/c1-21(4-3-14-10-20-22(2)13-14)17(24)15-9-16(12-19-11-15)18(25)23-5-7-26-8-6-23/h10,13,15-16,19H,3-9,11-12H2,1-2H3/t15-,16-/m0/s1. The third kappa shape index (κ3) is 4.62. The van der Waals surface area contributed by atoms with Gasteiger partial charge in [-0.05, 0) is 18.4 Å². The second kappa shape index (κ2) is 8.64. The van der Waals surface area contributed by atoms with Gasteiger partial charge in [0, 0.05) is 53.0 Å². The number of carbonyl (C=O) groups excluding carboxylic acids is 2. The monoisotopic (exact) mass is 363 g/mol. The van der Waals surface area contributed by atoms with Gasteiger partial charge in [0.25, 0.3) is 0 Å². The van der Waals surface area contributed by atoms with Gasteiger partial charge in [-0.1, -0.05) is 0 Å². The Morgan fingerprint density at radius 3 is 2.73 bits per heavy atom. The maximum Gasteiger partial charge on any atom is 0.227 e. The number of likely N-dealkylation sites (N-methyl/N-ethyl adjacent to an activating group) is 1. The van der Waals surface area contributed by atoms with Crippen LogP contribution in [0.4, 0.5) is 0 Å². The fourth-order valence-corrected chi connectivity index (χ4v) is 3.68. The number of aryl methyl sites for hydroxylation is 1. The van der Waals surface area contributed by atoms with Gasteiger partial charge in [0.15, 0.2) is 0 Å². The number of ether oxygens (including phenoxy) is 1. The first-order chi connectivity index (χ1) is 12.5. The summed E-state index contributed by atoms with van der Waals surface area (Å²) < 4.78 is 7.08. The summed E-state index contributed by atoms with van der Waals surface area (Å²) in [5.41, 5.74) is 1.12. The minimum Gasteiger partial charge on any atom is -0.378 e. The van der Waals surface area contributed by atoms with Crippen molar-refractivity contribution in [3.05, 3.63) is 18.0 Å². The molecule has 1 N–H and O–H groups in total. The summed E-state index contributed by atoms with van der Waals surface area (Å²) in [5.74, 6) is -0.00246. The van der Waals surface area contributed by atoms with E-state index in [4.69, 9.17) is 4.74 Å². The van der Waals surface area contributed by atoms with E-state index in [-0.39, 0.29) is 23.7 Å². The number of amides is 2. The molecule has 2 fully saturated rings. The van der Waals surface area contributed by atoms with Crippen molar-refractivity contribution in [2.24, 2.45) is 18.9 Å². The van der Waals surface area contributed by atoms with Crippen molar-refractivity contribution < 1.29 is 14.3 Å². The van der Waals surface area contributed by atoms with Gasteiger partial charge in [-0.25, -0.2) is 0 Å². The summed E-state index contributed by atoms with van der Waals surface area (Å²) in [6, 6.07) is 0. The number of piperidine rings is 1. The molecule has 2 aliphatic heterocycles. The zero-order valence-electron chi connectivity index (χ0n) is 15.7. The van der Waals surface area contributed by atoms with E-state index in [1.807, 2.05) is 31.4 Å². The van der Waals surface area contributed by atoms with E-state index in [1.54, 1.807) is 9.58 Å². The number of carbonyl (C=O) groups is 2. The predicted octanol–water partition coefficient (Wildman–Crippen LogP) is -0.494. The van der Waals surface area contributed by atoms with Gasteiger partial charge in [-0.15, -0.1) is 0 Å². The molecule has 2 atom stereocenters. The molecule has 0 radical (unpaired) electrons. The molecule has 2 amide bonds. The smallest absolute Gasteiger partial charge is 0.227 e. The van der Waals surface area contributed by atoms with E-state index in [1.165, 1.54) is 0 Å². The molecule has 1 aromatic heterocycles. The number of nitrogens with zero attached hydrogens (tertiary/aromatic N) is 4. The summed E-state index contributed by atoms with van der Waals surface area (Å²) in [7, 11) is 3.73. The van der Waals surface area contributed by atoms with E-state index in [0.29, 0.717) is 52.4 Å². The Bertz CT molecular complexity index is 626. The molecule has 144 valence electrons. The molecule has 8 heteroatoms. The Morgan fingerprint density at radius 2 is 2.04 bits per heavy atom. The van der Waals surface area contributed by atoms with Crippen LogP contribution in [-0.4, -0.2) is 84.4 Å². The van der Waals surface area contributed by atoms with Gasteiger partial charge in [0.2, 0.25) is 11.8 Å². The highest BCUT2D eigenvalue weighted by Gasteiger charge is 2.34. The Hall–Kier alpha value is -1.93. The van der Waals surface area contributed by atoms with Crippen molar-refractivity contribution in [2.75, 3.05) is 53.0 Å². The molecule has 2 aliphatic rings. The average molecular weight is 363 g/mol. The summed E-state index contributed by atoms with van der Waals surface area (Å²) in [6.45, 7) is 4.46. The predicted molar refractivity (Wildman–Crippen MR) is 96.4 cm³/mol. The van der Waals surface area contributed by atoms with Crippen LogP contribution in [0.25, 0.3) is 0 Å². The maximum atomic E-state index is 12.8. The Morgan fingerprint density at radius 1 is 1.31 bits per heavy atom. The molecule has 0 aromatic carbocycles. The molecule has 1 aromatic rings. The normalized spacial score (nSPS) is 23.7. The first kappa shape index (κ1) is 18.8. The number of hydrogen-bond donors (Lipinski definition) is 1. The van der Waals surface area contributed by atoms with Crippen LogP contribution in [0.2, 0.25) is 0 Å². The topological polar surface area (TPSA) is 79.7 Å². The van der Waals surface area contributed by atoms with Crippen molar-refractivity contribution in [2.45, 2.75) is 12.8 Å². The quantitative estimate of drug-likeness (QED) is 0.763. The number of rotatable bonds is 5. The molecule has 26 heavy (non-hydrogen) atoms. The highest BCUT2D eigenvalue weighted by molar-refractivity contribution is 5.83. The van der Waals surface area contributed by atoms with E-state index >= 15 is 0 Å². The number of hydrogen-bond acceptors (Lipinski definition) is 5. The van der Waals surface area contributed by atoms with Crippen molar-refractivity contribution in [3.63, 3.8) is 0 Å². The van der Waals surface area contributed by atoms with E-state index in [2.05, 4.69) is 10.4 Å². The average Bonchev–Trinajstić information content (AvgIpc) is 3.11. The van der Waals surface area contributed by atoms with Crippen LogP contribution >= 0.6 is 0 Å². The molecule has 0 spiro atoms. The molecule has 2 saturated heterocycles. The van der Waals surface area contributed by atoms with E-state index in [9.17, 15) is 9.59 Å². The number of morpholine rings is 1. The minimum absolute atomic E-state index is 0.112. The first-order valence-electron chi connectivity index (χ1n) is 9.34. The van der Waals surface area contributed by atoms with Crippen molar-refractivity contribution in [1.82, 2.24) is 24.9 Å².